The molecular weight excluding hydrogens is 288 g/mol. The summed E-state index contributed by atoms with van der Waals surface area (Å²) < 4.78 is 10.7. The van der Waals surface area contributed by atoms with E-state index in [0.29, 0.717) is 16.3 Å². The molecule has 1 fully saturated rings. The Balaban J connectivity index is 2.38. The van der Waals surface area contributed by atoms with Crippen molar-refractivity contribution in [2.75, 3.05) is 30.8 Å². The molecule has 21 heavy (non-hydrogen) atoms. The number of carbonyl (C=O) groups is 1. The van der Waals surface area contributed by atoms with E-state index in [-0.39, 0.29) is 6.10 Å². The minimum atomic E-state index is -0.396. The number of esters is 1. The number of nitrogens with zero attached hydrogens (tertiary/aromatic N) is 1. The monoisotopic (exact) mass is 312 g/mol. The molecule has 2 N–H and O–H groups in total. The molecule has 0 bridgehead atoms. The maximum atomic E-state index is 11.9. The first-order valence-electron chi connectivity index (χ1n) is 7.46. The zero-order chi connectivity index (χ0) is 15.4. The number of nitrogens with two attached hydrogens (primary N) is 1. The molecule has 2 rings (SSSR count). The van der Waals surface area contributed by atoms with E-state index in [2.05, 4.69) is 4.90 Å². The Morgan fingerprint density at radius 1 is 1.24 bits per heavy atom. The standard InChI is InChI=1S/C15H24N2O3S/c1-10(2)20-12-11(16)13(15(18)19-3)21-14(12)17-8-6-4-5-7-9-17/h10H,4-9,16H2,1-3H3. The van der Waals surface area contributed by atoms with E-state index in [9.17, 15) is 4.79 Å². The van der Waals surface area contributed by atoms with Crippen LogP contribution in [0.3, 0.4) is 0 Å². The summed E-state index contributed by atoms with van der Waals surface area (Å²) in [5.41, 5.74) is 6.54. The lowest BCUT2D eigenvalue weighted by Crippen LogP contribution is -2.24. The molecule has 1 aliphatic heterocycles. The summed E-state index contributed by atoms with van der Waals surface area (Å²) in [5.74, 6) is 0.240. The molecule has 6 heteroatoms. The minimum absolute atomic E-state index is 0.0122. The van der Waals surface area contributed by atoms with Crippen molar-refractivity contribution >= 4 is 28.0 Å². The zero-order valence-corrected chi connectivity index (χ0v) is 13.8. The molecule has 1 aromatic heterocycles. The second-order valence-electron chi connectivity index (χ2n) is 5.54. The largest absolute Gasteiger partial charge is 0.486 e. The predicted molar refractivity (Wildman–Crippen MR) is 86.5 cm³/mol. The van der Waals surface area contributed by atoms with Gasteiger partial charge in [0.05, 0.1) is 13.2 Å². The molecule has 0 atom stereocenters. The van der Waals surface area contributed by atoms with Gasteiger partial charge in [-0.3, -0.25) is 0 Å². The molecule has 0 spiro atoms. The maximum Gasteiger partial charge on any atom is 0.350 e. The number of ether oxygens (including phenoxy) is 2. The second-order valence-corrected chi connectivity index (χ2v) is 6.54. The number of hydrogen-bond acceptors (Lipinski definition) is 6. The van der Waals surface area contributed by atoms with E-state index in [1.807, 2.05) is 13.8 Å². The number of thiophene rings is 1. The van der Waals surface area contributed by atoms with Crippen molar-refractivity contribution in [3.8, 4) is 5.75 Å². The molecule has 5 nitrogen and oxygen atoms in total. The summed E-state index contributed by atoms with van der Waals surface area (Å²) in [4.78, 5) is 14.6. The van der Waals surface area contributed by atoms with Crippen molar-refractivity contribution in [3.63, 3.8) is 0 Å². The van der Waals surface area contributed by atoms with Crippen LogP contribution in [0.2, 0.25) is 0 Å². The molecule has 0 unspecified atom stereocenters. The molecule has 1 saturated heterocycles. The van der Waals surface area contributed by atoms with E-state index in [4.69, 9.17) is 15.2 Å². The highest BCUT2D eigenvalue weighted by molar-refractivity contribution is 7.19. The number of carbonyl (C=O) groups excluding carboxylic acids is 1. The molecule has 0 amide bonds. The van der Waals surface area contributed by atoms with Gasteiger partial charge in [0.1, 0.15) is 15.6 Å². The maximum absolute atomic E-state index is 11.9. The van der Waals surface area contributed by atoms with Gasteiger partial charge in [-0.05, 0) is 26.7 Å². The quantitative estimate of drug-likeness (QED) is 0.864. The van der Waals surface area contributed by atoms with Gasteiger partial charge in [-0.2, -0.15) is 0 Å². The van der Waals surface area contributed by atoms with E-state index >= 15 is 0 Å². The van der Waals surface area contributed by atoms with Gasteiger partial charge in [0.15, 0.2) is 5.75 Å². The second kappa shape index (κ2) is 7.02. The van der Waals surface area contributed by atoms with Gasteiger partial charge in [0, 0.05) is 13.1 Å². The van der Waals surface area contributed by atoms with Crippen LogP contribution < -0.4 is 15.4 Å². The summed E-state index contributed by atoms with van der Waals surface area (Å²) in [5, 5.41) is 0.962. The molecule has 1 aromatic rings. The summed E-state index contributed by atoms with van der Waals surface area (Å²) in [6.45, 7) is 5.88. The highest BCUT2D eigenvalue weighted by atomic mass is 32.1. The predicted octanol–water partition coefficient (Wildman–Crippen LogP) is 3.28. The molecular formula is C15H24N2O3S. The summed E-state index contributed by atoms with van der Waals surface area (Å²) >= 11 is 1.38. The number of methoxy groups -OCH3 is 1. The summed E-state index contributed by atoms with van der Waals surface area (Å²) in [6, 6.07) is 0. The van der Waals surface area contributed by atoms with Gasteiger partial charge in [-0.25, -0.2) is 4.79 Å². The smallest absolute Gasteiger partial charge is 0.350 e. The van der Waals surface area contributed by atoms with Crippen molar-refractivity contribution in [1.82, 2.24) is 0 Å². The molecule has 2 heterocycles. The Morgan fingerprint density at radius 2 is 1.86 bits per heavy atom. The number of rotatable bonds is 4. The fraction of sp³-hybridized carbons (Fsp3) is 0.667. The SMILES string of the molecule is COC(=O)c1sc(N2CCCCCC2)c(OC(C)C)c1N. The van der Waals surface area contributed by atoms with Crippen molar-refractivity contribution in [2.45, 2.75) is 45.6 Å². The zero-order valence-electron chi connectivity index (χ0n) is 13.0. The Kier molecular flexibility index (Phi) is 5.33. The molecule has 0 aromatic carbocycles. The van der Waals surface area contributed by atoms with E-state index in [1.165, 1.54) is 31.3 Å². The molecule has 1 aliphatic rings. The average molecular weight is 312 g/mol. The lowest BCUT2D eigenvalue weighted by Gasteiger charge is -2.23. The van der Waals surface area contributed by atoms with E-state index < -0.39 is 5.97 Å². The lowest BCUT2D eigenvalue weighted by molar-refractivity contribution is 0.0607. The van der Waals surface area contributed by atoms with Crippen molar-refractivity contribution in [3.05, 3.63) is 4.88 Å². The van der Waals surface area contributed by atoms with Crippen LogP contribution in [0.25, 0.3) is 0 Å². The van der Waals surface area contributed by atoms with Crippen LogP contribution in [-0.2, 0) is 4.74 Å². The van der Waals surface area contributed by atoms with Gasteiger partial charge in [-0.15, -0.1) is 11.3 Å². The van der Waals surface area contributed by atoms with E-state index in [0.717, 1.165) is 30.9 Å². The average Bonchev–Trinajstić information content (AvgIpc) is 2.67. The Labute approximate surface area is 130 Å². The van der Waals surface area contributed by atoms with Crippen molar-refractivity contribution in [1.29, 1.82) is 0 Å². The third kappa shape index (κ3) is 3.61. The number of hydrogen-bond donors (Lipinski definition) is 1. The fourth-order valence-electron chi connectivity index (χ4n) is 2.49. The Hall–Kier alpha value is -1.43. The van der Waals surface area contributed by atoms with Gasteiger partial charge in [-0.1, -0.05) is 12.8 Å². The summed E-state index contributed by atoms with van der Waals surface area (Å²) in [7, 11) is 1.37. The van der Waals surface area contributed by atoms with Crippen LogP contribution in [0.1, 0.15) is 49.2 Å². The third-order valence-electron chi connectivity index (χ3n) is 3.50. The van der Waals surface area contributed by atoms with Gasteiger partial charge < -0.3 is 20.1 Å². The van der Waals surface area contributed by atoms with Gasteiger partial charge in [0.2, 0.25) is 0 Å². The highest BCUT2D eigenvalue weighted by Crippen LogP contribution is 2.46. The fourth-order valence-corrected chi connectivity index (χ4v) is 3.62. The van der Waals surface area contributed by atoms with Crippen LogP contribution >= 0.6 is 11.3 Å². The van der Waals surface area contributed by atoms with Crippen LogP contribution in [-0.4, -0.2) is 32.3 Å². The molecule has 0 aliphatic carbocycles. The minimum Gasteiger partial charge on any atom is -0.486 e. The lowest BCUT2D eigenvalue weighted by atomic mass is 10.2. The number of nitrogen functional groups attached to an aromatic ring is 1. The third-order valence-corrected chi connectivity index (χ3v) is 4.73. The van der Waals surface area contributed by atoms with Gasteiger partial charge >= 0.3 is 5.97 Å². The topological polar surface area (TPSA) is 64.8 Å². The normalized spacial score (nSPS) is 15.9. The molecule has 0 radical (unpaired) electrons. The first-order chi connectivity index (χ1) is 10.0. The van der Waals surface area contributed by atoms with Gasteiger partial charge in [0.25, 0.3) is 0 Å². The molecule has 118 valence electrons. The first-order valence-corrected chi connectivity index (χ1v) is 8.28. The van der Waals surface area contributed by atoms with E-state index in [1.54, 1.807) is 0 Å². The van der Waals surface area contributed by atoms with Crippen LogP contribution in [0, 0.1) is 0 Å². The first kappa shape index (κ1) is 15.9. The van der Waals surface area contributed by atoms with Crippen LogP contribution in [0.4, 0.5) is 10.7 Å². The highest BCUT2D eigenvalue weighted by Gasteiger charge is 2.27. The molecule has 0 saturated carbocycles. The van der Waals surface area contributed by atoms with Crippen molar-refractivity contribution < 1.29 is 14.3 Å². The van der Waals surface area contributed by atoms with Crippen LogP contribution in [0.5, 0.6) is 5.75 Å². The summed E-state index contributed by atoms with van der Waals surface area (Å²) in [6.07, 6.45) is 4.83. The number of anilines is 2. The Bertz CT molecular complexity index is 491. The van der Waals surface area contributed by atoms with Crippen LogP contribution in [0.15, 0.2) is 0 Å². The Morgan fingerprint density at radius 3 is 2.38 bits per heavy atom. The van der Waals surface area contributed by atoms with Crippen molar-refractivity contribution in [2.24, 2.45) is 0 Å².